The van der Waals surface area contributed by atoms with Gasteiger partial charge in [-0.25, -0.2) is 0 Å². The maximum atomic E-state index is 12.1. The van der Waals surface area contributed by atoms with Gasteiger partial charge in [0, 0.05) is 24.2 Å². The summed E-state index contributed by atoms with van der Waals surface area (Å²) < 4.78 is 0. The molecule has 0 saturated heterocycles. The van der Waals surface area contributed by atoms with Crippen molar-refractivity contribution in [2.24, 2.45) is 0 Å². The minimum absolute atomic E-state index is 0.0102. The monoisotopic (exact) mass is 304 g/mol. The number of hydrogen-bond acceptors (Lipinski definition) is 4. The number of aryl methyl sites for hydroxylation is 1. The van der Waals surface area contributed by atoms with E-state index in [1.54, 1.807) is 19.9 Å². The molecule has 2 N–H and O–H groups in total. The summed E-state index contributed by atoms with van der Waals surface area (Å²) in [5, 5.41) is 4.62. The zero-order valence-electron chi connectivity index (χ0n) is 11.8. The average Bonchev–Trinajstić information content (AvgIpc) is 2.91. The van der Waals surface area contributed by atoms with E-state index in [1.165, 1.54) is 23.5 Å². The van der Waals surface area contributed by atoms with Crippen molar-refractivity contribution >= 4 is 23.0 Å². The highest BCUT2D eigenvalue weighted by Gasteiger charge is 2.16. The molecule has 5 nitrogen and oxygen atoms in total. The second-order valence-corrected chi connectivity index (χ2v) is 5.79. The largest absolute Gasteiger partial charge is 0.349 e. The molecular formula is C15H16N2O3S. The van der Waals surface area contributed by atoms with E-state index in [0.29, 0.717) is 16.1 Å². The third kappa shape index (κ3) is 3.88. The molecular weight excluding hydrogens is 288 g/mol. The number of carbonyl (C=O) groups excluding carboxylic acids is 2. The van der Waals surface area contributed by atoms with Crippen LogP contribution in [0.3, 0.4) is 0 Å². The van der Waals surface area contributed by atoms with Crippen LogP contribution in [0.5, 0.6) is 0 Å². The average molecular weight is 304 g/mol. The number of Topliss-reactive ketones (excluding diaryl/α,β-unsaturated/α-hetero) is 1. The Morgan fingerprint density at radius 3 is 2.71 bits per heavy atom. The Morgan fingerprint density at radius 1 is 1.33 bits per heavy atom. The highest BCUT2D eigenvalue weighted by Crippen LogP contribution is 2.12. The summed E-state index contributed by atoms with van der Waals surface area (Å²) in [6, 6.07) is 6.11. The molecule has 2 aromatic rings. The van der Waals surface area contributed by atoms with Gasteiger partial charge >= 0.3 is 0 Å². The molecule has 2 rings (SSSR count). The molecule has 0 spiro atoms. The first kappa shape index (κ1) is 15.2. The fourth-order valence-corrected chi connectivity index (χ4v) is 2.67. The van der Waals surface area contributed by atoms with E-state index in [2.05, 4.69) is 10.3 Å². The van der Waals surface area contributed by atoms with Crippen molar-refractivity contribution in [2.75, 3.05) is 0 Å². The van der Waals surface area contributed by atoms with Crippen LogP contribution in [0, 0.1) is 6.92 Å². The van der Waals surface area contributed by atoms with Crippen molar-refractivity contribution in [1.82, 2.24) is 10.3 Å². The summed E-state index contributed by atoms with van der Waals surface area (Å²) >= 11 is 1.39. The van der Waals surface area contributed by atoms with Gasteiger partial charge in [-0.1, -0.05) is 6.07 Å². The van der Waals surface area contributed by atoms with Crippen LogP contribution in [0.15, 0.2) is 34.4 Å². The van der Waals surface area contributed by atoms with Gasteiger partial charge in [0.05, 0.1) is 10.4 Å². The van der Waals surface area contributed by atoms with Crippen molar-refractivity contribution in [2.45, 2.75) is 26.3 Å². The Morgan fingerprint density at radius 2 is 2.10 bits per heavy atom. The van der Waals surface area contributed by atoms with E-state index < -0.39 is 0 Å². The van der Waals surface area contributed by atoms with Crippen molar-refractivity contribution < 1.29 is 9.59 Å². The van der Waals surface area contributed by atoms with Gasteiger partial charge in [-0.3, -0.25) is 14.4 Å². The number of aromatic nitrogens is 1. The minimum Gasteiger partial charge on any atom is -0.349 e. The summed E-state index contributed by atoms with van der Waals surface area (Å²) in [6.45, 7) is 3.45. The minimum atomic E-state index is -0.296. The number of pyridine rings is 1. The number of ketones is 1. The quantitative estimate of drug-likeness (QED) is 0.831. The van der Waals surface area contributed by atoms with E-state index in [1.807, 2.05) is 11.4 Å². The lowest BCUT2D eigenvalue weighted by Crippen LogP contribution is -2.35. The van der Waals surface area contributed by atoms with E-state index in [-0.39, 0.29) is 29.7 Å². The van der Waals surface area contributed by atoms with Crippen LogP contribution in [0.1, 0.15) is 39.1 Å². The number of rotatable bonds is 5. The molecule has 0 aliphatic heterocycles. The first-order valence-corrected chi connectivity index (χ1v) is 7.43. The Kier molecular flexibility index (Phi) is 4.70. The predicted molar refractivity (Wildman–Crippen MR) is 82.0 cm³/mol. The normalized spacial score (nSPS) is 11.9. The van der Waals surface area contributed by atoms with Crippen molar-refractivity contribution in [1.29, 1.82) is 0 Å². The zero-order valence-corrected chi connectivity index (χ0v) is 12.6. The number of H-pyrrole nitrogens is 1. The summed E-state index contributed by atoms with van der Waals surface area (Å²) in [5.74, 6) is -0.286. The van der Waals surface area contributed by atoms with Gasteiger partial charge in [-0.05, 0) is 31.4 Å². The summed E-state index contributed by atoms with van der Waals surface area (Å²) in [5.41, 5.74) is 0.673. The molecule has 0 radical (unpaired) electrons. The lowest BCUT2D eigenvalue weighted by molar-refractivity contribution is 0.0918. The first-order valence-electron chi connectivity index (χ1n) is 6.55. The number of hydrogen-bond donors (Lipinski definition) is 2. The maximum Gasteiger partial charge on any atom is 0.253 e. The van der Waals surface area contributed by atoms with E-state index >= 15 is 0 Å². The zero-order chi connectivity index (χ0) is 15.4. The lowest BCUT2D eigenvalue weighted by atomic mass is 10.1. The molecule has 1 unspecified atom stereocenters. The van der Waals surface area contributed by atoms with Gasteiger partial charge in [-0.2, -0.15) is 0 Å². The highest BCUT2D eigenvalue weighted by atomic mass is 32.1. The van der Waals surface area contributed by atoms with Crippen LogP contribution in [-0.2, 0) is 0 Å². The van der Waals surface area contributed by atoms with Gasteiger partial charge < -0.3 is 10.3 Å². The van der Waals surface area contributed by atoms with E-state index in [0.717, 1.165) is 0 Å². The Balaban J connectivity index is 1.99. The summed E-state index contributed by atoms with van der Waals surface area (Å²) in [6.07, 6.45) is 0.245. The Hall–Kier alpha value is -2.21. The van der Waals surface area contributed by atoms with Gasteiger partial charge in [0.1, 0.15) is 0 Å². The third-order valence-corrected chi connectivity index (χ3v) is 3.94. The lowest BCUT2D eigenvalue weighted by Gasteiger charge is -2.13. The topological polar surface area (TPSA) is 79.0 Å². The third-order valence-electron chi connectivity index (χ3n) is 3.03. The standard InChI is InChI=1S/C15H16N2O3S/c1-9(8-12(18)13-4-3-7-21-13)16-15(20)11-5-6-14(19)17-10(11)2/h3-7,9H,8H2,1-2H3,(H,16,20)(H,17,19). The second-order valence-electron chi connectivity index (χ2n) is 4.84. The molecule has 6 heteroatoms. The highest BCUT2D eigenvalue weighted by molar-refractivity contribution is 7.12. The van der Waals surface area contributed by atoms with Crippen LogP contribution < -0.4 is 10.9 Å². The molecule has 2 aromatic heterocycles. The molecule has 0 aromatic carbocycles. The molecule has 0 aliphatic carbocycles. The Bertz CT molecular complexity index is 704. The maximum absolute atomic E-state index is 12.1. The van der Waals surface area contributed by atoms with Crippen LogP contribution in [-0.4, -0.2) is 22.7 Å². The predicted octanol–water partition coefficient (Wildman–Crippen LogP) is 2.14. The van der Waals surface area contributed by atoms with Crippen LogP contribution in [0.25, 0.3) is 0 Å². The molecule has 1 atom stereocenters. The molecule has 21 heavy (non-hydrogen) atoms. The van der Waals surface area contributed by atoms with Crippen molar-refractivity contribution in [3.63, 3.8) is 0 Å². The number of amides is 1. The first-order chi connectivity index (χ1) is 9.97. The van der Waals surface area contributed by atoms with Gasteiger partial charge in [0.25, 0.3) is 5.91 Å². The van der Waals surface area contributed by atoms with Gasteiger partial charge in [0.2, 0.25) is 5.56 Å². The molecule has 2 heterocycles. The summed E-state index contributed by atoms with van der Waals surface area (Å²) in [4.78, 5) is 38.5. The molecule has 110 valence electrons. The molecule has 0 fully saturated rings. The number of thiophene rings is 1. The molecule has 1 amide bonds. The van der Waals surface area contributed by atoms with Crippen LogP contribution in [0.2, 0.25) is 0 Å². The molecule has 0 bridgehead atoms. The SMILES string of the molecule is Cc1[nH]c(=O)ccc1C(=O)NC(C)CC(=O)c1cccs1. The van der Waals surface area contributed by atoms with Crippen LogP contribution >= 0.6 is 11.3 Å². The number of nitrogens with one attached hydrogen (secondary N) is 2. The smallest absolute Gasteiger partial charge is 0.253 e. The van der Waals surface area contributed by atoms with Gasteiger partial charge in [0.15, 0.2) is 5.78 Å². The molecule has 0 aliphatic rings. The fraction of sp³-hybridized carbons (Fsp3) is 0.267. The van der Waals surface area contributed by atoms with Gasteiger partial charge in [-0.15, -0.1) is 11.3 Å². The Labute approximate surface area is 126 Å². The van der Waals surface area contributed by atoms with Crippen molar-refractivity contribution in [3.8, 4) is 0 Å². The fourth-order valence-electron chi connectivity index (χ4n) is 1.99. The van der Waals surface area contributed by atoms with E-state index in [4.69, 9.17) is 0 Å². The number of aromatic amines is 1. The molecule has 0 saturated carbocycles. The second kappa shape index (κ2) is 6.49. The van der Waals surface area contributed by atoms with E-state index in [9.17, 15) is 14.4 Å². The summed E-state index contributed by atoms with van der Waals surface area (Å²) in [7, 11) is 0. The van der Waals surface area contributed by atoms with Crippen LogP contribution in [0.4, 0.5) is 0 Å². The number of carbonyl (C=O) groups is 2. The van der Waals surface area contributed by atoms with Crippen molar-refractivity contribution in [3.05, 3.63) is 56.1 Å².